The first-order chi connectivity index (χ1) is 44.0. The highest BCUT2D eigenvalue weighted by Crippen LogP contribution is 2.35. The Bertz CT molecular complexity index is 3410. The first kappa shape index (κ1) is 69.7. The molecular formula is C58H71N11O21S2. The van der Waals surface area contributed by atoms with Gasteiger partial charge in [0, 0.05) is 68.8 Å². The Labute approximate surface area is 533 Å². The van der Waals surface area contributed by atoms with Crippen LogP contribution in [-0.2, 0) is 42.9 Å². The molecular weight excluding hydrogens is 1250 g/mol. The first-order valence-corrected chi connectivity index (χ1v) is 30.5. The molecule has 0 radical (unpaired) electrons. The van der Waals surface area contributed by atoms with E-state index in [0.29, 0.717) is 34.4 Å². The lowest BCUT2D eigenvalue weighted by Gasteiger charge is -2.34. The van der Waals surface area contributed by atoms with Crippen molar-refractivity contribution in [2.45, 2.75) is 125 Å². The molecule has 0 bridgehead atoms. The van der Waals surface area contributed by atoms with Crippen molar-refractivity contribution in [3.8, 4) is 39.1 Å². The van der Waals surface area contributed by atoms with Gasteiger partial charge in [0.25, 0.3) is 18.2 Å². The van der Waals surface area contributed by atoms with Crippen LogP contribution in [0.3, 0.4) is 0 Å². The minimum Gasteiger partial charge on any atom is -0.504 e. The number of unbranched alkanes of at least 4 members (excludes halogenated alkanes) is 2. The Morgan fingerprint density at radius 1 is 0.826 bits per heavy atom. The number of hydrogen-bond acceptors (Lipinski definition) is 25. The number of aromatic nitrogens is 3. The first-order valence-electron chi connectivity index (χ1n) is 29.1. The SMILES string of the molecule is [C-]#[N+]C[C@@H](O)[C@@H]1NC(=O)C([C@H](O)[C@@H](O)c2ccc(O)c(OSOOO)c2)NC(=O)C2CC(O)CN2C(=O)C(C(C)O)NC(=O)[C@@H](NC(=O)c2ccc(-c3cn4nc(-c5ccc(OCCCCCOC)cc5)sc4n3)cc2)C[C@H](O)CNC(=O)C2[C@@H](O)C(C)CN2C1=O. The summed E-state index contributed by atoms with van der Waals surface area (Å²) in [6.45, 7) is 8.67. The zero-order valence-electron chi connectivity index (χ0n) is 49.7. The van der Waals surface area contributed by atoms with E-state index in [9.17, 15) is 74.4 Å². The summed E-state index contributed by atoms with van der Waals surface area (Å²) in [6.07, 6.45) is -10.2. The number of benzene rings is 3. The lowest BCUT2D eigenvalue weighted by molar-refractivity contribution is -0.433. The summed E-state index contributed by atoms with van der Waals surface area (Å²) in [5, 5.41) is 119. The number of rotatable bonds is 21. The van der Waals surface area contributed by atoms with E-state index in [2.05, 4.69) is 40.8 Å². The summed E-state index contributed by atoms with van der Waals surface area (Å²) in [5.74, 6) is -9.72. The van der Waals surface area contributed by atoms with E-state index < -0.39 is 177 Å². The van der Waals surface area contributed by atoms with Crippen molar-refractivity contribution in [3.63, 3.8) is 0 Å². The third kappa shape index (κ3) is 16.9. The summed E-state index contributed by atoms with van der Waals surface area (Å²) < 4.78 is 21.8. The molecule has 34 heteroatoms. The molecule has 0 saturated carbocycles. The fraction of sp³-hybridized carbons (Fsp3) is 0.483. The molecule has 3 aromatic carbocycles. The van der Waals surface area contributed by atoms with E-state index in [0.717, 1.165) is 65.5 Å². The van der Waals surface area contributed by atoms with Crippen molar-refractivity contribution >= 4 is 70.0 Å². The van der Waals surface area contributed by atoms with E-state index in [4.69, 9.17) is 35.6 Å². The van der Waals surface area contributed by atoms with E-state index in [1.807, 2.05) is 24.3 Å². The molecule has 0 aliphatic carbocycles. The molecule has 92 heavy (non-hydrogen) atoms. The number of phenols is 1. The maximum Gasteiger partial charge on any atom is 0.261 e. The van der Waals surface area contributed by atoms with Crippen LogP contribution in [-0.4, -0.2) is 231 Å². The third-order valence-corrected chi connectivity index (χ3v) is 17.0. The molecule has 7 unspecified atom stereocenters. The molecule has 496 valence electrons. The average Bonchev–Trinajstić information content (AvgIpc) is 1.62. The minimum atomic E-state index is -2.50. The number of nitrogens with one attached hydrogen (secondary N) is 5. The van der Waals surface area contributed by atoms with Gasteiger partial charge in [-0.3, -0.25) is 33.6 Å². The second-order valence-corrected chi connectivity index (χ2v) is 23.7. The van der Waals surface area contributed by atoms with Crippen molar-refractivity contribution in [1.82, 2.24) is 51.0 Å². The van der Waals surface area contributed by atoms with Gasteiger partial charge in [0.2, 0.25) is 46.9 Å². The van der Waals surface area contributed by atoms with Crippen LogP contribution in [0.1, 0.15) is 68.0 Å². The number of aliphatic hydroxyl groups excluding tert-OH is 7. The van der Waals surface area contributed by atoms with Crippen LogP contribution in [0.25, 0.3) is 31.6 Å². The van der Waals surface area contributed by atoms with Crippen LogP contribution in [0, 0.1) is 12.5 Å². The van der Waals surface area contributed by atoms with Crippen LogP contribution in [0.2, 0.25) is 0 Å². The second kappa shape index (κ2) is 31.9. The molecule has 3 aliphatic rings. The van der Waals surface area contributed by atoms with Gasteiger partial charge in [-0.05, 0) is 80.3 Å². The lowest BCUT2D eigenvalue weighted by atomic mass is 9.96. The van der Waals surface area contributed by atoms with E-state index in [-0.39, 0.29) is 23.5 Å². The highest BCUT2D eigenvalue weighted by molar-refractivity contribution is 7.90. The van der Waals surface area contributed by atoms with Crippen molar-refractivity contribution in [2.24, 2.45) is 5.92 Å². The number of phenolic OH excluding ortho intramolecular Hbond substituents is 1. The Morgan fingerprint density at radius 3 is 2.20 bits per heavy atom. The summed E-state index contributed by atoms with van der Waals surface area (Å²) in [4.78, 5) is 111. The van der Waals surface area contributed by atoms with Crippen LogP contribution >= 0.6 is 23.7 Å². The van der Waals surface area contributed by atoms with Crippen LogP contribution in [0.5, 0.6) is 17.2 Å². The molecule has 5 aromatic rings. The Morgan fingerprint density at radius 2 is 1.51 bits per heavy atom. The Hall–Kier alpha value is -8.15. The maximum atomic E-state index is 14.7. The van der Waals surface area contributed by atoms with Crippen molar-refractivity contribution in [3.05, 3.63) is 95.5 Å². The molecule has 2 aromatic heterocycles. The van der Waals surface area contributed by atoms with Gasteiger partial charge < -0.3 is 95.7 Å². The largest absolute Gasteiger partial charge is 0.504 e. The number of aromatic hydroxyl groups is 1. The molecule has 3 saturated heterocycles. The quantitative estimate of drug-likeness (QED) is 0.0134. The van der Waals surface area contributed by atoms with Crippen molar-refractivity contribution in [1.29, 1.82) is 0 Å². The number of carbonyl (C=O) groups is 7. The van der Waals surface area contributed by atoms with Gasteiger partial charge in [-0.25, -0.2) is 21.3 Å². The number of hydrogen-bond donors (Lipinski definition) is 14. The number of β-amino-alcohol motifs (C(OH)–C–C–N with tert-alkyl or cyclic N) is 1. The number of imidazole rings is 1. The van der Waals surface area contributed by atoms with Gasteiger partial charge in [-0.1, -0.05) is 45.8 Å². The smallest absolute Gasteiger partial charge is 0.261 e. The molecule has 5 heterocycles. The standard InChI is InChI=1S/C58H71N11O21S2/c1-28-25-68-46(47(28)75)54(82)60-23-34(71)21-37(61-50(78)31-10-8-30(9-11-31)38-27-69-58(62-38)91-55(66-69)32-12-15-36(16-13-32)87-19-7-5-6-18-86-4)51(79)63-43(29(2)70)56(83)67-26-35(72)22-39(67)52(80)65-45(53(81)64-44(57(68)84)41(74)24-59-3)49(77)48(76)33-14-17-40(73)42(20-33)88-92-90-89-85/h8-17,20,27-29,34-35,37,39,41,43-49,70-77,85H,5-7,18-19,21-26H2,1-2,4H3,(H,60,82)(H,61,78)(H,63,79)(H,64,81)(H,65,80)/t28?,29?,34-,35?,37-,39?,41+,43?,44-,45?,46?,47-,48-,49-/m0/s1. The number of aliphatic hydroxyl groups is 7. The number of ether oxygens (including phenoxy) is 2. The van der Waals surface area contributed by atoms with Crippen LogP contribution in [0.4, 0.5) is 0 Å². The molecule has 3 aliphatic heterocycles. The predicted molar refractivity (Wildman–Crippen MR) is 322 cm³/mol. The summed E-state index contributed by atoms with van der Waals surface area (Å²) in [6, 6.07) is 4.50. The number of carbonyl (C=O) groups excluding carboxylic acids is 7. The van der Waals surface area contributed by atoms with E-state index in [1.165, 1.54) is 30.4 Å². The Kier molecular flexibility index (Phi) is 24.2. The zero-order valence-corrected chi connectivity index (χ0v) is 51.3. The highest BCUT2D eigenvalue weighted by Gasteiger charge is 2.50. The molecule has 14 N–H and O–H groups in total. The number of amides is 7. The van der Waals surface area contributed by atoms with Crippen molar-refractivity contribution < 1.29 is 103 Å². The van der Waals surface area contributed by atoms with Gasteiger partial charge in [-0.15, -0.1) is 0 Å². The normalized spacial score (nSPS) is 25.0. The van der Waals surface area contributed by atoms with Gasteiger partial charge in [0.05, 0.1) is 42.9 Å². The number of nitrogens with zero attached hydrogens (tertiary/aromatic N) is 6. The van der Waals surface area contributed by atoms with Crippen LogP contribution in [0.15, 0.2) is 72.9 Å². The van der Waals surface area contributed by atoms with Crippen molar-refractivity contribution in [2.75, 3.05) is 46.5 Å². The summed E-state index contributed by atoms with van der Waals surface area (Å²) in [5.41, 5.74) is 1.59. The lowest BCUT2D eigenvalue weighted by Crippen LogP contribution is -2.64. The summed E-state index contributed by atoms with van der Waals surface area (Å²) >= 11 is 1.33. The Balaban J connectivity index is 1.06. The predicted octanol–water partition coefficient (Wildman–Crippen LogP) is -1.25. The minimum absolute atomic E-state index is 0.00615. The van der Waals surface area contributed by atoms with Gasteiger partial charge in [0.1, 0.15) is 59.2 Å². The van der Waals surface area contributed by atoms with Gasteiger partial charge in [0.15, 0.2) is 17.6 Å². The average molecular weight is 1320 g/mol. The number of fused-ring (bicyclic) bond motifs is 3. The van der Waals surface area contributed by atoms with Gasteiger partial charge in [-0.2, -0.15) is 5.10 Å². The second-order valence-electron chi connectivity index (χ2n) is 22.3. The zero-order chi connectivity index (χ0) is 66.5. The summed E-state index contributed by atoms with van der Waals surface area (Å²) in [7, 11) is 1.67. The molecule has 0 spiro atoms. The maximum absolute atomic E-state index is 14.7. The van der Waals surface area contributed by atoms with Gasteiger partial charge >= 0.3 is 0 Å². The fourth-order valence-electron chi connectivity index (χ4n) is 10.7. The topological polar surface area (TPSA) is 449 Å². The fourth-order valence-corrected chi connectivity index (χ4v) is 11.9. The molecule has 14 atom stereocenters. The van der Waals surface area contributed by atoms with E-state index >= 15 is 0 Å². The molecule has 3 fully saturated rings. The molecule has 32 nitrogen and oxygen atoms in total. The van der Waals surface area contributed by atoms with E-state index in [1.54, 1.807) is 30.0 Å². The number of methoxy groups -OCH3 is 1. The molecule has 8 rings (SSSR count). The third-order valence-electron chi connectivity index (χ3n) is 15.7. The molecule has 7 amide bonds. The van der Waals surface area contributed by atoms with Crippen LogP contribution < -0.4 is 35.5 Å². The monoisotopic (exact) mass is 1320 g/mol. The highest BCUT2D eigenvalue weighted by atomic mass is 32.2.